The van der Waals surface area contributed by atoms with E-state index < -0.39 is 0 Å². The maximum Gasteiger partial charge on any atom is 0 e. The van der Waals surface area contributed by atoms with Crippen LogP contribution in [0.2, 0.25) is 0 Å². The molecule has 0 rings (SSSR count). The molecule has 0 bridgehead atoms. The molecule has 10 heavy (non-hydrogen) atoms. The van der Waals surface area contributed by atoms with Crippen molar-refractivity contribution in [2.75, 3.05) is 11.5 Å². The second kappa shape index (κ2) is 8.57. The first-order valence-electron chi connectivity index (χ1n) is 2.85. The van der Waals surface area contributed by atoms with Crippen molar-refractivity contribution in [3.8, 4) is 0 Å². The number of carbonyl (C=O) groups excluding carboxylic acids is 1. The fraction of sp³-hybridized carbons (Fsp3) is 0.833. The molecule has 0 fully saturated rings. The molecule has 2 unspecified atom stereocenters. The molecule has 0 saturated carbocycles. The topological polar surface area (TPSA) is 17.1 Å². The molecule has 0 spiro atoms. The minimum atomic E-state index is -0.0502. The molecule has 0 N–H and O–H groups in total. The summed E-state index contributed by atoms with van der Waals surface area (Å²) in [7, 11) is 0. The van der Waals surface area contributed by atoms with Gasteiger partial charge in [-0.25, -0.2) is 0 Å². The summed E-state index contributed by atoms with van der Waals surface area (Å²) in [6.07, 6.45) is 1.93. The Kier molecular flexibility index (Phi) is 12.0. The van der Waals surface area contributed by atoms with Gasteiger partial charge >= 0.3 is 0 Å². The van der Waals surface area contributed by atoms with Gasteiger partial charge in [0.05, 0.1) is 0 Å². The third kappa shape index (κ3) is 5.17. The van der Waals surface area contributed by atoms with Gasteiger partial charge in [-0.15, -0.1) is 5.92 Å². The normalized spacial score (nSPS) is 15.1. The van der Waals surface area contributed by atoms with Gasteiger partial charge in [-0.05, 0) is 11.5 Å². The number of rotatable bonds is 4. The number of hydrogen-bond donors (Lipinski definition) is 2. The third-order valence-electron chi connectivity index (χ3n) is 1.32. The molecule has 0 aromatic rings. The molecule has 0 amide bonds. The zero-order valence-electron chi connectivity index (χ0n) is 5.95. The standard InChI is InChI=1S/C6H11OS2.Y/c1-5(3-8)6(2-7)4-9;/h5-6,8-9H,3-4H2,1H3;/q-1;. The van der Waals surface area contributed by atoms with Crippen LogP contribution in [0.15, 0.2) is 0 Å². The van der Waals surface area contributed by atoms with E-state index in [1.165, 1.54) is 0 Å². The summed E-state index contributed by atoms with van der Waals surface area (Å²) < 4.78 is 0. The summed E-state index contributed by atoms with van der Waals surface area (Å²) in [6.45, 7) is 1.97. The van der Waals surface area contributed by atoms with Crippen LogP contribution in [0.5, 0.6) is 0 Å². The molecule has 0 aliphatic heterocycles. The Labute approximate surface area is 98.4 Å². The van der Waals surface area contributed by atoms with E-state index >= 15 is 0 Å². The van der Waals surface area contributed by atoms with Gasteiger partial charge < -0.3 is 4.79 Å². The summed E-state index contributed by atoms with van der Waals surface area (Å²) in [5, 5.41) is 0. The van der Waals surface area contributed by atoms with Gasteiger partial charge in [-0.2, -0.15) is 25.3 Å². The van der Waals surface area contributed by atoms with Gasteiger partial charge in [-0.3, -0.25) is 6.29 Å². The first-order valence-corrected chi connectivity index (χ1v) is 4.12. The van der Waals surface area contributed by atoms with Gasteiger partial charge in [-0.1, -0.05) is 12.8 Å². The quantitative estimate of drug-likeness (QED) is 0.568. The van der Waals surface area contributed by atoms with E-state index in [1.807, 2.05) is 13.2 Å². The SMILES string of the molecule is CC(CS)C([C-]=O)CS.[Y]. The zero-order valence-corrected chi connectivity index (χ0v) is 10.6. The first-order chi connectivity index (χ1) is 4.26. The van der Waals surface area contributed by atoms with Crippen LogP contribution in [0.4, 0.5) is 0 Å². The smallest absolute Gasteiger partial charge is 0 e. The molecule has 1 radical (unpaired) electrons. The Morgan fingerprint density at radius 1 is 1.40 bits per heavy atom. The summed E-state index contributed by atoms with van der Waals surface area (Å²) in [4.78, 5) is 10.1. The van der Waals surface area contributed by atoms with Crippen molar-refractivity contribution in [2.24, 2.45) is 11.8 Å². The van der Waals surface area contributed by atoms with Crippen molar-refractivity contribution in [3.05, 3.63) is 0 Å². The maximum atomic E-state index is 10.1. The van der Waals surface area contributed by atoms with Crippen molar-refractivity contribution in [1.82, 2.24) is 0 Å². The predicted molar refractivity (Wildman–Crippen MR) is 46.1 cm³/mol. The van der Waals surface area contributed by atoms with Crippen molar-refractivity contribution in [2.45, 2.75) is 6.92 Å². The molecular formula is C6H11OS2Y-. The zero-order chi connectivity index (χ0) is 7.28. The van der Waals surface area contributed by atoms with Crippen LogP contribution in [-0.4, -0.2) is 17.8 Å². The van der Waals surface area contributed by atoms with Gasteiger partial charge in [0, 0.05) is 32.7 Å². The van der Waals surface area contributed by atoms with Crippen LogP contribution >= 0.6 is 25.3 Å². The average Bonchev–Trinajstić information content (AvgIpc) is 1.90. The summed E-state index contributed by atoms with van der Waals surface area (Å²) >= 11 is 8.04. The molecule has 4 heteroatoms. The minimum Gasteiger partial charge on any atom is -0.541 e. The van der Waals surface area contributed by atoms with E-state index in [2.05, 4.69) is 25.3 Å². The molecule has 0 saturated heterocycles. The van der Waals surface area contributed by atoms with E-state index in [9.17, 15) is 4.79 Å². The van der Waals surface area contributed by atoms with Crippen molar-refractivity contribution in [1.29, 1.82) is 0 Å². The minimum absolute atomic E-state index is 0. The Morgan fingerprint density at radius 2 is 1.90 bits per heavy atom. The molecule has 0 heterocycles. The molecule has 57 valence electrons. The van der Waals surface area contributed by atoms with Gasteiger partial charge in [0.1, 0.15) is 0 Å². The monoisotopic (exact) mass is 252 g/mol. The van der Waals surface area contributed by atoms with Crippen LogP contribution in [0.25, 0.3) is 0 Å². The largest absolute Gasteiger partial charge is 0.541 e. The molecule has 0 aliphatic carbocycles. The maximum absolute atomic E-state index is 10.1. The molecule has 1 nitrogen and oxygen atoms in total. The fourth-order valence-electron chi connectivity index (χ4n) is 0.461. The average molecular weight is 252 g/mol. The van der Waals surface area contributed by atoms with Crippen LogP contribution in [0.3, 0.4) is 0 Å². The van der Waals surface area contributed by atoms with E-state index in [4.69, 9.17) is 0 Å². The van der Waals surface area contributed by atoms with Crippen molar-refractivity contribution >= 4 is 31.5 Å². The van der Waals surface area contributed by atoms with Gasteiger partial charge in [0.25, 0.3) is 0 Å². The molecule has 0 aromatic heterocycles. The summed E-state index contributed by atoms with van der Waals surface area (Å²) in [5.74, 6) is 1.54. The van der Waals surface area contributed by atoms with Gasteiger partial charge in [0.2, 0.25) is 0 Å². The van der Waals surface area contributed by atoms with E-state index in [0.29, 0.717) is 11.7 Å². The Balaban J connectivity index is 0. The Morgan fingerprint density at radius 3 is 2.00 bits per heavy atom. The van der Waals surface area contributed by atoms with Crippen molar-refractivity contribution < 1.29 is 37.5 Å². The summed E-state index contributed by atoms with van der Waals surface area (Å²) in [5.41, 5.74) is 0. The van der Waals surface area contributed by atoms with Crippen LogP contribution in [-0.2, 0) is 37.5 Å². The van der Waals surface area contributed by atoms with Crippen LogP contribution < -0.4 is 0 Å². The molecule has 0 aliphatic rings. The first kappa shape index (κ1) is 14.0. The van der Waals surface area contributed by atoms with E-state index in [-0.39, 0.29) is 38.6 Å². The predicted octanol–water partition coefficient (Wildman–Crippen LogP) is 1.21. The number of hydrogen-bond acceptors (Lipinski definition) is 3. The Hall–Kier alpha value is 1.47. The van der Waals surface area contributed by atoms with E-state index in [1.54, 1.807) is 0 Å². The fourth-order valence-corrected chi connectivity index (χ4v) is 1.15. The molecule has 0 aromatic carbocycles. The molecular weight excluding hydrogens is 241 g/mol. The van der Waals surface area contributed by atoms with Crippen LogP contribution in [0.1, 0.15) is 6.92 Å². The summed E-state index contributed by atoms with van der Waals surface area (Å²) in [6, 6.07) is 0. The molecule has 2 atom stereocenters. The van der Waals surface area contributed by atoms with E-state index in [0.717, 1.165) is 5.75 Å². The third-order valence-corrected chi connectivity index (χ3v) is 2.29. The second-order valence-electron chi connectivity index (χ2n) is 2.07. The number of thiol groups is 2. The Bertz CT molecular complexity index is 89.8. The van der Waals surface area contributed by atoms with Crippen molar-refractivity contribution in [3.63, 3.8) is 0 Å². The van der Waals surface area contributed by atoms with Gasteiger partial charge in [0.15, 0.2) is 0 Å². The van der Waals surface area contributed by atoms with Crippen LogP contribution in [0, 0.1) is 11.8 Å². The second-order valence-corrected chi connectivity index (χ2v) is 2.80.